The number of esters is 1. The fourth-order valence-electron chi connectivity index (χ4n) is 2.51. The second-order valence-corrected chi connectivity index (χ2v) is 9.75. The fraction of sp³-hybridized carbons (Fsp3) is 0.455. The first-order valence-electron chi connectivity index (χ1n) is 9.14. The van der Waals surface area contributed by atoms with Crippen molar-refractivity contribution in [3.05, 3.63) is 57.8 Å². The van der Waals surface area contributed by atoms with Crippen LogP contribution in [0.3, 0.4) is 0 Å². The van der Waals surface area contributed by atoms with E-state index >= 15 is 0 Å². The zero-order chi connectivity index (χ0) is 20.2. The molecule has 0 bridgehead atoms. The van der Waals surface area contributed by atoms with E-state index in [2.05, 4.69) is 26.1 Å². The molecule has 1 atom stereocenters. The molecule has 0 saturated carbocycles. The van der Waals surface area contributed by atoms with Crippen LogP contribution in [0.2, 0.25) is 0 Å². The molecule has 0 saturated heterocycles. The summed E-state index contributed by atoms with van der Waals surface area (Å²) in [5, 5.41) is 2.87. The van der Waals surface area contributed by atoms with Gasteiger partial charge in [-0.25, -0.2) is 4.79 Å². The minimum absolute atomic E-state index is 0.0161. The summed E-state index contributed by atoms with van der Waals surface area (Å²) in [6.45, 7) is 11.8. The first kappa shape index (κ1) is 21.2. The summed E-state index contributed by atoms with van der Waals surface area (Å²) >= 11 is 1.46. The quantitative estimate of drug-likeness (QED) is 0.755. The van der Waals surface area contributed by atoms with Crippen LogP contribution in [0.1, 0.15) is 61.7 Å². The van der Waals surface area contributed by atoms with Gasteiger partial charge in [0, 0.05) is 11.3 Å². The highest BCUT2D eigenvalue weighted by atomic mass is 32.1. The summed E-state index contributed by atoms with van der Waals surface area (Å²) in [6, 6.07) is 12.7. The van der Waals surface area contributed by atoms with Gasteiger partial charge in [0.1, 0.15) is 11.6 Å². The van der Waals surface area contributed by atoms with Gasteiger partial charge in [0.05, 0.1) is 4.88 Å². The molecule has 27 heavy (non-hydrogen) atoms. The molecule has 146 valence electrons. The number of amides is 1. The summed E-state index contributed by atoms with van der Waals surface area (Å²) in [5.74, 6) is -0.672. The van der Waals surface area contributed by atoms with Gasteiger partial charge in [0.2, 0.25) is 0 Å². The second-order valence-electron chi connectivity index (χ2n) is 8.66. The molecule has 1 aromatic heterocycles. The second kappa shape index (κ2) is 8.26. The van der Waals surface area contributed by atoms with Crippen molar-refractivity contribution >= 4 is 23.2 Å². The Morgan fingerprint density at radius 3 is 2.15 bits per heavy atom. The van der Waals surface area contributed by atoms with Crippen LogP contribution in [0.5, 0.6) is 0 Å². The van der Waals surface area contributed by atoms with Gasteiger partial charge < -0.3 is 10.1 Å². The molecular formula is C22H29NO3S. The Balaban J connectivity index is 2.18. The van der Waals surface area contributed by atoms with Gasteiger partial charge in [-0.3, -0.25) is 4.79 Å². The Bertz CT molecular complexity index is 782. The number of benzene rings is 1. The Labute approximate surface area is 165 Å². The first-order valence-corrected chi connectivity index (χ1v) is 9.95. The molecular weight excluding hydrogens is 358 g/mol. The molecule has 0 aliphatic carbocycles. The van der Waals surface area contributed by atoms with Crippen molar-refractivity contribution in [2.24, 2.45) is 0 Å². The van der Waals surface area contributed by atoms with Crippen molar-refractivity contribution in [3.63, 3.8) is 0 Å². The number of carbonyl (C=O) groups is 2. The lowest BCUT2D eigenvalue weighted by atomic mass is 9.95. The van der Waals surface area contributed by atoms with Crippen LogP contribution in [0.15, 0.2) is 42.5 Å². The molecule has 5 heteroatoms. The maximum Gasteiger partial charge on any atom is 0.329 e. The van der Waals surface area contributed by atoms with Gasteiger partial charge in [0.15, 0.2) is 0 Å². The molecule has 0 unspecified atom stereocenters. The predicted molar refractivity (Wildman–Crippen MR) is 110 cm³/mol. The van der Waals surface area contributed by atoms with Gasteiger partial charge in [-0.1, -0.05) is 51.1 Å². The first-order chi connectivity index (χ1) is 12.5. The van der Waals surface area contributed by atoms with E-state index in [0.717, 1.165) is 10.4 Å². The van der Waals surface area contributed by atoms with Gasteiger partial charge in [-0.05, 0) is 43.9 Å². The molecule has 0 radical (unpaired) electrons. The van der Waals surface area contributed by atoms with E-state index in [-0.39, 0.29) is 11.3 Å². The summed E-state index contributed by atoms with van der Waals surface area (Å²) in [7, 11) is 0. The number of carbonyl (C=O) groups excluding carboxylic acids is 2. The molecule has 1 N–H and O–H groups in total. The Hall–Kier alpha value is -2.14. The molecule has 0 spiro atoms. The number of hydrogen-bond acceptors (Lipinski definition) is 4. The Kier molecular flexibility index (Phi) is 6.47. The van der Waals surface area contributed by atoms with Crippen LogP contribution >= 0.6 is 11.3 Å². The summed E-state index contributed by atoms with van der Waals surface area (Å²) in [6.07, 6.45) is 0.388. The van der Waals surface area contributed by atoms with E-state index < -0.39 is 17.6 Å². The van der Waals surface area contributed by atoms with Crippen molar-refractivity contribution in [1.29, 1.82) is 0 Å². The van der Waals surface area contributed by atoms with Gasteiger partial charge in [0.25, 0.3) is 5.91 Å². The number of nitrogens with one attached hydrogen (secondary N) is 1. The standard InChI is InChI=1S/C22H29NO3S/c1-21(2,3)18-13-12-17(27-18)19(24)23-16(20(25)26-22(4,5)6)14-15-10-8-7-9-11-15/h7-13,16H,14H2,1-6H3,(H,23,24)/t16-/m0/s1. The summed E-state index contributed by atoms with van der Waals surface area (Å²) in [4.78, 5) is 27.1. The molecule has 2 aromatic rings. The minimum atomic E-state index is -0.737. The van der Waals surface area contributed by atoms with Crippen LogP contribution in [0.25, 0.3) is 0 Å². The average Bonchev–Trinajstić information content (AvgIpc) is 3.04. The van der Waals surface area contributed by atoms with Crippen molar-refractivity contribution in [2.75, 3.05) is 0 Å². The number of ether oxygens (including phenoxy) is 1. The van der Waals surface area contributed by atoms with Crippen molar-refractivity contribution in [1.82, 2.24) is 5.32 Å². The topological polar surface area (TPSA) is 55.4 Å². The van der Waals surface area contributed by atoms with Crippen LogP contribution < -0.4 is 5.32 Å². The van der Waals surface area contributed by atoms with Crippen molar-refractivity contribution < 1.29 is 14.3 Å². The third-order valence-electron chi connectivity index (χ3n) is 3.85. The van der Waals surface area contributed by atoms with Gasteiger partial charge in [-0.15, -0.1) is 11.3 Å². The van der Waals surface area contributed by atoms with E-state index in [1.54, 1.807) is 0 Å². The number of thiophene rings is 1. The van der Waals surface area contributed by atoms with Gasteiger partial charge >= 0.3 is 5.97 Å². The minimum Gasteiger partial charge on any atom is -0.458 e. The Morgan fingerprint density at radius 1 is 1.00 bits per heavy atom. The van der Waals surface area contributed by atoms with Crippen LogP contribution in [-0.4, -0.2) is 23.5 Å². The van der Waals surface area contributed by atoms with E-state index in [0.29, 0.717) is 11.3 Å². The van der Waals surface area contributed by atoms with Gasteiger partial charge in [-0.2, -0.15) is 0 Å². The molecule has 1 aromatic carbocycles. The zero-order valence-corrected chi connectivity index (χ0v) is 17.8. The van der Waals surface area contributed by atoms with E-state index in [1.807, 2.05) is 63.2 Å². The van der Waals surface area contributed by atoms with E-state index in [4.69, 9.17) is 4.74 Å². The molecule has 0 aliphatic rings. The number of rotatable bonds is 5. The zero-order valence-electron chi connectivity index (χ0n) is 17.0. The SMILES string of the molecule is CC(C)(C)OC(=O)[C@H](Cc1ccccc1)NC(=O)c1ccc(C(C)(C)C)s1. The lowest BCUT2D eigenvalue weighted by molar-refractivity contribution is -0.157. The number of hydrogen-bond donors (Lipinski definition) is 1. The Morgan fingerprint density at radius 2 is 1.63 bits per heavy atom. The predicted octanol–water partition coefficient (Wildman–Crippen LogP) is 4.73. The maximum atomic E-state index is 12.7. The highest BCUT2D eigenvalue weighted by Gasteiger charge is 2.28. The molecule has 0 aliphatic heterocycles. The molecule has 1 amide bonds. The normalized spacial score (nSPS) is 13.1. The van der Waals surface area contributed by atoms with Crippen LogP contribution in [0.4, 0.5) is 0 Å². The largest absolute Gasteiger partial charge is 0.458 e. The molecule has 0 fully saturated rings. The fourth-order valence-corrected chi connectivity index (χ4v) is 3.48. The summed E-state index contributed by atoms with van der Waals surface area (Å²) in [5.41, 5.74) is 0.340. The maximum absolute atomic E-state index is 12.7. The highest BCUT2D eigenvalue weighted by molar-refractivity contribution is 7.14. The lowest BCUT2D eigenvalue weighted by Crippen LogP contribution is -2.45. The molecule has 2 rings (SSSR count). The molecule has 1 heterocycles. The third kappa shape index (κ3) is 6.51. The smallest absolute Gasteiger partial charge is 0.329 e. The van der Waals surface area contributed by atoms with E-state index in [9.17, 15) is 9.59 Å². The van der Waals surface area contributed by atoms with Crippen molar-refractivity contribution in [3.8, 4) is 0 Å². The molecule has 4 nitrogen and oxygen atoms in total. The summed E-state index contributed by atoms with van der Waals surface area (Å²) < 4.78 is 5.52. The van der Waals surface area contributed by atoms with Crippen molar-refractivity contribution in [2.45, 2.75) is 65.0 Å². The highest BCUT2D eigenvalue weighted by Crippen LogP contribution is 2.29. The van der Waals surface area contributed by atoms with E-state index in [1.165, 1.54) is 11.3 Å². The van der Waals surface area contributed by atoms with Crippen LogP contribution in [0, 0.1) is 0 Å². The lowest BCUT2D eigenvalue weighted by Gasteiger charge is -2.24. The third-order valence-corrected chi connectivity index (χ3v) is 5.36. The average molecular weight is 388 g/mol. The monoisotopic (exact) mass is 387 g/mol. The van der Waals surface area contributed by atoms with Crippen LogP contribution in [-0.2, 0) is 21.4 Å².